The summed E-state index contributed by atoms with van der Waals surface area (Å²) in [5, 5.41) is 17.2. The van der Waals surface area contributed by atoms with Crippen LogP contribution in [0.3, 0.4) is 0 Å². The van der Waals surface area contributed by atoms with Gasteiger partial charge < -0.3 is 20.6 Å². The van der Waals surface area contributed by atoms with Gasteiger partial charge in [-0.2, -0.15) is 0 Å². The summed E-state index contributed by atoms with van der Waals surface area (Å²) < 4.78 is 0. The fraction of sp³-hybridized carbons (Fsp3) is 0.947. The van der Waals surface area contributed by atoms with E-state index in [1.54, 1.807) is 0 Å². The van der Waals surface area contributed by atoms with Crippen LogP contribution in [0, 0.1) is 0 Å². The highest BCUT2D eigenvalue weighted by molar-refractivity contribution is 14.0. The first-order valence-electron chi connectivity index (χ1n) is 10.2. The lowest BCUT2D eigenvalue weighted by atomic mass is 9.80. The summed E-state index contributed by atoms with van der Waals surface area (Å²) in [5.74, 6) is 0.883. The number of guanidine groups is 1. The van der Waals surface area contributed by atoms with Crippen molar-refractivity contribution in [1.29, 1.82) is 0 Å². The highest BCUT2D eigenvalue weighted by Gasteiger charge is 2.34. The average molecular weight is 464 g/mol. The highest BCUT2D eigenvalue weighted by atomic mass is 127. The number of rotatable bonds is 5. The molecule has 2 aliphatic carbocycles. The van der Waals surface area contributed by atoms with Crippen molar-refractivity contribution >= 4 is 29.9 Å². The van der Waals surface area contributed by atoms with E-state index >= 15 is 0 Å². The highest BCUT2D eigenvalue weighted by Crippen LogP contribution is 2.31. The van der Waals surface area contributed by atoms with Crippen molar-refractivity contribution in [3.63, 3.8) is 0 Å². The first kappa shape index (κ1) is 21.2. The van der Waals surface area contributed by atoms with Crippen molar-refractivity contribution in [2.45, 2.75) is 88.8 Å². The Morgan fingerprint density at radius 2 is 1.76 bits per heavy atom. The lowest BCUT2D eigenvalue weighted by molar-refractivity contribution is -0.0236. The van der Waals surface area contributed by atoms with Gasteiger partial charge in [0.25, 0.3) is 0 Å². The average Bonchev–Trinajstić information content (AvgIpc) is 2.60. The molecular weight excluding hydrogens is 427 g/mol. The predicted molar refractivity (Wildman–Crippen MR) is 115 cm³/mol. The van der Waals surface area contributed by atoms with Crippen LogP contribution in [-0.4, -0.2) is 59.8 Å². The van der Waals surface area contributed by atoms with Gasteiger partial charge in [-0.3, -0.25) is 4.99 Å². The Hall–Kier alpha value is -0.0800. The maximum Gasteiger partial charge on any atom is 0.191 e. The summed E-state index contributed by atoms with van der Waals surface area (Å²) in [7, 11) is 0. The molecule has 0 amide bonds. The summed E-state index contributed by atoms with van der Waals surface area (Å²) in [6.07, 6.45) is 12.4. The standard InChI is InChI=1S/C19H36N4O.HI/c1-2-20-18(21-15-19(24)11-6-12-19)22-16-9-13-23(14-10-16)17-7-4-3-5-8-17;/h16-17,24H,2-15H2,1H3,(H2,20,21,22);1H. The monoisotopic (exact) mass is 464 g/mol. The minimum atomic E-state index is -0.535. The Balaban J connectivity index is 0.00000225. The van der Waals surface area contributed by atoms with Crippen molar-refractivity contribution in [3.05, 3.63) is 0 Å². The van der Waals surface area contributed by atoms with Crippen LogP contribution in [0.15, 0.2) is 4.99 Å². The summed E-state index contributed by atoms with van der Waals surface area (Å²) in [5.41, 5.74) is -0.535. The minimum Gasteiger partial charge on any atom is -0.388 e. The van der Waals surface area contributed by atoms with Gasteiger partial charge in [-0.1, -0.05) is 19.3 Å². The van der Waals surface area contributed by atoms with E-state index in [9.17, 15) is 5.11 Å². The van der Waals surface area contributed by atoms with Gasteiger partial charge in [0.15, 0.2) is 5.96 Å². The Labute approximate surface area is 170 Å². The Morgan fingerprint density at radius 3 is 2.32 bits per heavy atom. The molecule has 1 heterocycles. The van der Waals surface area contributed by atoms with E-state index in [1.807, 2.05) is 0 Å². The van der Waals surface area contributed by atoms with Crippen molar-refractivity contribution in [2.75, 3.05) is 26.2 Å². The number of likely N-dealkylation sites (tertiary alicyclic amines) is 1. The molecule has 6 heteroatoms. The molecule has 1 aliphatic heterocycles. The maximum atomic E-state index is 10.2. The molecule has 5 nitrogen and oxygen atoms in total. The number of aliphatic imine (C=N–C) groups is 1. The summed E-state index contributed by atoms with van der Waals surface area (Å²) in [6.45, 7) is 5.92. The van der Waals surface area contributed by atoms with Crippen LogP contribution in [0.4, 0.5) is 0 Å². The zero-order valence-corrected chi connectivity index (χ0v) is 18.1. The van der Waals surface area contributed by atoms with Gasteiger partial charge in [-0.15, -0.1) is 24.0 Å². The molecule has 1 saturated heterocycles. The third kappa shape index (κ3) is 6.24. The molecule has 0 spiro atoms. The molecule has 0 radical (unpaired) electrons. The number of aliphatic hydroxyl groups is 1. The van der Waals surface area contributed by atoms with E-state index in [4.69, 9.17) is 0 Å². The zero-order valence-electron chi connectivity index (χ0n) is 15.8. The quantitative estimate of drug-likeness (QED) is 0.333. The molecular formula is C19H37IN4O. The second-order valence-electron chi connectivity index (χ2n) is 8.02. The van der Waals surface area contributed by atoms with E-state index in [2.05, 4.69) is 27.4 Å². The first-order valence-corrected chi connectivity index (χ1v) is 10.2. The minimum absolute atomic E-state index is 0. The fourth-order valence-electron chi connectivity index (χ4n) is 4.34. The van der Waals surface area contributed by atoms with Gasteiger partial charge in [0.1, 0.15) is 0 Å². The van der Waals surface area contributed by atoms with Crippen molar-refractivity contribution < 1.29 is 5.11 Å². The lowest BCUT2D eigenvalue weighted by Gasteiger charge is -2.40. The van der Waals surface area contributed by atoms with Crippen LogP contribution in [0.2, 0.25) is 0 Å². The second-order valence-corrected chi connectivity index (χ2v) is 8.02. The molecule has 0 aromatic heterocycles. The van der Waals surface area contributed by atoms with Crippen LogP contribution in [0.5, 0.6) is 0 Å². The molecule has 3 N–H and O–H groups in total. The molecule has 146 valence electrons. The summed E-state index contributed by atoms with van der Waals surface area (Å²) in [4.78, 5) is 7.36. The molecule has 2 saturated carbocycles. The van der Waals surface area contributed by atoms with Crippen LogP contribution in [0.25, 0.3) is 0 Å². The van der Waals surface area contributed by atoms with Gasteiger partial charge in [0, 0.05) is 31.7 Å². The maximum absolute atomic E-state index is 10.2. The topological polar surface area (TPSA) is 59.9 Å². The van der Waals surface area contributed by atoms with Gasteiger partial charge in [-0.05, 0) is 51.9 Å². The fourth-order valence-corrected chi connectivity index (χ4v) is 4.34. The van der Waals surface area contributed by atoms with E-state index in [0.717, 1.165) is 37.8 Å². The first-order chi connectivity index (χ1) is 11.7. The van der Waals surface area contributed by atoms with Crippen LogP contribution >= 0.6 is 24.0 Å². The van der Waals surface area contributed by atoms with Gasteiger partial charge in [0.05, 0.1) is 12.1 Å². The van der Waals surface area contributed by atoms with E-state index < -0.39 is 5.60 Å². The largest absolute Gasteiger partial charge is 0.388 e. The molecule has 0 unspecified atom stereocenters. The van der Waals surface area contributed by atoms with Gasteiger partial charge >= 0.3 is 0 Å². The number of nitrogens with one attached hydrogen (secondary N) is 2. The number of halogens is 1. The van der Waals surface area contributed by atoms with Crippen LogP contribution < -0.4 is 10.6 Å². The number of hydrogen-bond acceptors (Lipinski definition) is 3. The van der Waals surface area contributed by atoms with Crippen LogP contribution in [0.1, 0.15) is 71.1 Å². The zero-order chi connectivity index (χ0) is 16.8. The van der Waals surface area contributed by atoms with Crippen molar-refractivity contribution in [2.24, 2.45) is 4.99 Å². The van der Waals surface area contributed by atoms with E-state index in [-0.39, 0.29) is 24.0 Å². The third-order valence-corrected chi connectivity index (χ3v) is 6.12. The Morgan fingerprint density at radius 1 is 1.08 bits per heavy atom. The molecule has 0 bridgehead atoms. The predicted octanol–water partition coefficient (Wildman–Crippen LogP) is 2.87. The molecule has 0 aromatic rings. The summed E-state index contributed by atoms with van der Waals surface area (Å²) >= 11 is 0. The number of hydrogen-bond donors (Lipinski definition) is 3. The smallest absolute Gasteiger partial charge is 0.191 e. The Kier molecular flexibility index (Phi) is 8.75. The Bertz CT molecular complexity index is 414. The van der Waals surface area contributed by atoms with Gasteiger partial charge in [0.2, 0.25) is 0 Å². The molecule has 3 aliphatic rings. The van der Waals surface area contributed by atoms with Gasteiger partial charge in [-0.25, -0.2) is 0 Å². The molecule has 3 rings (SSSR count). The number of nitrogens with zero attached hydrogens (tertiary/aromatic N) is 2. The molecule has 0 aromatic carbocycles. The molecule has 0 atom stereocenters. The number of piperidine rings is 1. The SMILES string of the molecule is CCNC(=NCC1(O)CCC1)NC1CCN(C2CCCCC2)CC1.I. The van der Waals surface area contributed by atoms with E-state index in [0.29, 0.717) is 12.6 Å². The lowest BCUT2D eigenvalue weighted by Crippen LogP contribution is -2.51. The third-order valence-electron chi connectivity index (χ3n) is 6.12. The van der Waals surface area contributed by atoms with Crippen LogP contribution in [-0.2, 0) is 0 Å². The van der Waals surface area contributed by atoms with Crippen molar-refractivity contribution in [3.8, 4) is 0 Å². The normalized spacial score (nSPS) is 25.8. The molecule has 25 heavy (non-hydrogen) atoms. The second kappa shape index (κ2) is 10.3. The van der Waals surface area contributed by atoms with Crippen molar-refractivity contribution in [1.82, 2.24) is 15.5 Å². The summed E-state index contributed by atoms with van der Waals surface area (Å²) in [6, 6.07) is 1.35. The van der Waals surface area contributed by atoms with E-state index in [1.165, 1.54) is 58.0 Å². The molecule has 3 fully saturated rings.